The number of nitrogens with two attached hydrogens (primary N) is 1. The van der Waals surface area contributed by atoms with Gasteiger partial charge >= 0.3 is 0 Å². The van der Waals surface area contributed by atoms with Gasteiger partial charge in [0.05, 0.1) is 18.0 Å². The van der Waals surface area contributed by atoms with E-state index in [2.05, 4.69) is 0 Å². The smallest absolute Gasteiger partial charge is 0.237 e. The fourth-order valence-electron chi connectivity index (χ4n) is 1.21. The SMILES string of the molecule is COCCS(=O)(=O)N(C)c1cccc(N)c1. The lowest BCUT2D eigenvalue weighted by Crippen LogP contribution is -2.30. The van der Waals surface area contributed by atoms with Crippen LogP contribution in [-0.4, -0.2) is 34.9 Å². The van der Waals surface area contributed by atoms with E-state index in [0.717, 1.165) is 0 Å². The second-order valence-electron chi connectivity index (χ2n) is 3.37. The van der Waals surface area contributed by atoms with Crippen molar-refractivity contribution < 1.29 is 13.2 Å². The van der Waals surface area contributed by atoms with Crippen LogP contribution in [0, 0.1) is 0 Å². The number of anilines is 2. The monoisotopic (exact) mass is 244 g/mol. The van der Waals surface area contributed by atoms with Crippen molar-refractivity contribution in [2.45, 2.75) is 0 Å². The summed E-state index contributed by atoms with van der Waals surface area (Å²) in [5.41, 5.74) is 6.68. The van der Waals surface area contributed by atoms with Crippen molar-refractivity contribution in [1.29, 1.82) is 0 Å². The topological polar surface area (TPSA) is 72.6 Å². The number of benzene rings is 1. The Balaban J connectivity index is 2.89. The summed E-state index contributed by atoms with van der Waals surface area (Å²) < 4.78 is 29.6. The van der Waals surface area contributed by atoms with Gasteiger partial charge in [-0.1, -0.05) is 6.07 Å². The standard InChI is InChI=1S/C10H16N2O3S/c1-12(16(13,14)7-6-15-2)10-5-3-4-9(11)8-10/h3-5,8H,6-7,11H2,1-2H3. The molecule has 2 N–H and O–H groups in total. The van der Waals surface area contributed by atoms with E-state index in [1.165, 1.54) is 18.5 Å². The van der Waals surface area contributed by atoms with Crippen molar-refractivity contribution in [3.05, 3.63) is 24.3 Å². The van der Waals surface area contributed by atoms with E-state index in [0.29, 0.717) is 11.4 Å². The van der Waals surface area contributed by atoms with Crippen molar-refractivity contribution in [3.63, 3.8) is 0 Å². The molecule has 16 heavy (non-hydrogen) atoms. The molecule has 6 heteroatoms. The lowest BCUT2D eigenvalue weighted by atomic mass is 10.3. The molecule has 5 nitrogen and oxygen atoms in total. The van der Waals surface area contributed by atoms with Crippen LogP contribution in [-0.2, 0) is 14.8 Å². The molecule has 0 fully saturated rings. The van der Waals surface area contributed by atoms with Crippen LogP contribution >= 0.6 is 0 Å². The number of nitrogens with zero attached hydrogens (tertiary/aromatic N) is 1. The Morgan fingerprint density at radius 1 is 1.44 bits per heavy atom. The summed E-state index contributed by atoms with van der Waals surface area (Å²) in [6.45, 7) is 0.176. The number of nitrogen functional groups attached to an aromatic ring is 1. The van der Waals surface area contributed by atoms with Gasteiger partial charge in [0.2, 0.25) is 10.0 Å². The highest BCUT2D eigenvalue weighted by atomic mass is 32.2. The minimum absolute atomic E-state index is 0.0468. The summed E-state index contributed by atoms with van der Waals surface area (Å²) in [5.74, 6) is -0.0468. The summed E-state index contributed by atoms with van der Waals surface area (Å²) in [5, 5.41) is 0. The Morgan fingerprint density at radius 2 is 2.12 bits per heavy atom. The summed E-state index contributed by atoms with van der Waals surface area (Å²) in [7, 11) is -0.371. The summed E-state index contributed by atoms with van der Waals surface area (Å²) in [6.07, 6.45) is 0. The van der Waals surface area contributed by atoms with Crippen LogP contribution in [0.15, 0.2) is 24.3 Å². The second-order valence-corrected chi connectivity index (χ2v) is 5.49. The maximum atomic E-state index is 11.8. The zero-order chi connectivity index (χ0) is 12.2. The van der Waals surface area contributed by atoms with E-state index in [1.807, 2.05) is 0 Å². The zero-order valence-electron chi connectivity index (χ0n) is 9.38. The van der Waals surface area contributed by atoms with Crippen LogP contribution in [0.25, 0.3) is 0 Å². The normalized spacial score (nSPS) is 11.4. The van der Waals surface area contributed by atoms with Crippen LogP contribution in [0.3, 0.4) is 0 Å². The van der Waals surface area contributed by atoms with Gasteiger partial charge in [-0.05, 0) is 18.2 Å². The highest BCUT2D eigenvalue weighted by Crippen LogP contribution is 2.18. The highest BCUT2D eigenvalue weighted by Gasteiger charge is 2.17. The Kier molecular flexibility index (Phi) is 4.14. The van der Waals surface area contributed by atoms with Crippen molar-refractivity contribution in [2.24, 2.45) is 0 Å². The number of rotatable bonds is 5. The molecule has 1 aromatic carbocycles. The number of methoxy groups -OCH3 is 1. The minimum Gasteiger partial charge on any atom is -0.399 e. The Hall–Kier alpha value is -1.27. The third kappa shape index (κ3) is 3.11. The molecule has 0 aliphatic carbocycles. The van der Waals surface area contributed by atoms with Crippen LogP contribution < -0.4 is 10.0 Å². The molecule has 0 saturated carbocycles. The molecule has 0 aromatic heterocycles. The van der Waals surface area contributed by atoms with Crippen molar-refractivity contribution in [1.82, 2.24) is 0 Å². The highest BCUT2D eigenvalue weighted by molar-refractivity contribution is 7.92. The van der Waals surface area contributed by atoms with Gasteiger partial charge < -0.3 is 10.5 Å². The van der Waals surface area contributed by atoms with E-state index in [9.17, 15) is 8.42 Å². The molecule has 1 rings (SSSR count). The maximum absolute atomic E-state index is 11.8. The van der Waals surface area contributed by atoms with Gasteiger partial charge in [0.15, 0.2) is 0 Å². The van der Waals surface area contributed by atoms with Crippen molar-refractivity contribution in [3.8, 4) is 0 Å². The van der Waals surface area contributed by atoms with E-state index in [1.54, 1.807) is 24.3 Å². The van der Waals surface area contributed by atoms with Gasteiger partial charge in [-0.2, -0.15) is 0 Å². The molecule has 0 amide bonds. The van der Waals surface area contributed by atoms with Crippen LogP contribution in [0.2, 0.25) is 0 Å². The average molecular weight is 244 g/mol. The number of hydrogen-bond donors (Lipinski definition) is 1. The van der Waals surface area contributed by atoms with Gasteiger partial charge in [0.25, 0.3) is 0 Å². The average Bonchev–Trinajstić information content (AvgIpc) is 2.25. The first-order chi connectivity index (χ1) is 7.47. The molecule has 0 heterocycles. The molecule has 1 aromatic rings. The van der Waals surface area contributed by atoms with Crippen molar-refractivity contribution >= 4 is 21.4 Å². The largest absolute Gasteiger partial charge is 0.399 e. The van der Waals surface area contributed by atoms with E-state index >= 15 is 0 Å². The first-order valence-electron chi connectivity index (χ1n) is 4.78. The van der Waals surface area contributed by atoms with Crippen LogP contribution in [0.4, 0.5) is 11.4 Å². The number of sulfonamides is 1. The molecule has 0 aliphatic heterocycles. The molecule has 0 saturated heterocycles. The van der Waals surface area contributed by atoms with Gasteiger partial charge in [0.1, 0.15) is 0 Å². The van der Waals surface area contributed by atoms with Crippen LogP contribution in [0.5, 0.6) is 0 Å². The maximum Gasteiger partial charge on any atom is 0.237 e. The molecule has 0 bridgehead atoms. The van der Waals surface area contributed by atoms with E-state index in [4.69, 9.17) is 10.5 Å². The first kappa shape index (κ1) is 12.8. The van der Waals surface area contributed by atoms with Gasteiger partial charge in [-0.15, -0.1) is 0 Å². The number of hydrogen-bond acceptors (Lipinski definition) is 4. The molecule has 0 radical (unpaired) electrons. The quantitative estimate of drug-likeness (QED) is 0.773. The molecule has 0 spiro atoms. The molecular weight excluding hydrogens is 228 g/mol. The summed E-state index contributed by atoms with van der Waals surface area (Å²) in [6, 6.07) is 6.73. The molecule has 90 valence electrons. The van der Waals surface area contributed by atoms with Gasteiger partial charge in [-0.3, -0.25) is 4.31 Å². The lowest BCUT2D eigenvalue weighted by molar-refractivity contribution is 0.217. The fourth-order valence-corrected chi connectivity index (χ4v) is 2.29. The Bertz CT molecular complexity index is 445. The zero-order valence-corrected chi connectivity index (χ0v) is 10.2. The lowest BCUT2D eigenvalue weighted by Gasteiger charge is -2.19. The van der Waals surface area contributed by atoms with E-state index in [-0.39, 0.29) is 12.4 Å². The minimum atomic E-state index is -3.34. The Morgan fingerprint density at radius 3 is 2.69 bits per heavy atom. The molecular formula is C10H16N2O3S. The molecule has 0 aliphatic rings. The summed E-state index contributed by atoms with van der Waals surface area (Å²) >= 11 is 0. The number of ether oxygens (including phenoxy) is 1. The third-order valence-corrected chi connectivity index (χ3v) is 3.92. The molecule has 0 atom stereocenters. The fraction of sp³-hybridized carbons (Fsp3) is 0.400. The van der Waals surface area contributed by atoms with E-state index < -0.39 is 10.0 Å². The third-order valence-electron chi connectivity index (χ3n) is 2.20. The first-order valence-corrected chi connectivity index (χ1v) is 6.39. The second kappa shape index (κ2) is 5.18. The van der Waals surface area contributed by atoms with Crippen molar-refractivity contribution in [2.75, 3.05) is 36.6 Å². The van der Waals surface area contributed by atoms with Crippen LogP contribution in [0.1, 0.15) is 0 Å². The predicted molar refractivity (Wildman–Crippen MR) is 64.9 cm³/mol. The summed E-state index contributed by atoms with van der Waals surface area (Å²) in [4.78, 5) is 0. The predicted octanol–water partition coefficient (Wildman–Crippen LogP) is 0.681. The van der Waals surface area contributed by atoms with Gasteiger partial charge in [-0.25, -0.2) is 8.42 Å². The Labute approximate surface area is 95.9 Å². The molecule has 0 unspecified atom stereocenters. The van der Waals surface area contributed by atoms with Gasteiger partial charge in [0, 0.05) is 19.8 Å².